The van der Waals surface area contributed by atoms with E-state index < -0.39 is 5.41 Å². The van der Waals surface area contributed by atoms with E-state index >= 15 is 0 Å². The van der Waals surface area contributed by atoms with Gasteiger partial charge in [0.1, 0.15) is 11.3 Å². The second-order valence-corrected chi connectivity index (χ2v) is 7.51. The average molecular weight is 389 g/mol. The van der Waals surface area contributed by atoms with Gasteiger partial charge in [0.25, 0.3) is 5.91 Å². The van der Waals surface area contributed by atoms with Crippen LogP contribution in [0.4, 0.5) is 11.4 Å². The number of hydrogen-bond donors (Lipinski definition) is 2. The smallest absolute Gasteiger partial charge is 0.261 e. The molecule has 0 aliphatic carbocycles. The molecule has 0 aliphatic rings. The van der Waals surface area contributed by atoms with E-state index in [1.165, 1.54) is 0 Å². The van der Waals surface area contributed by atoms with E-state index in [1.54, 1.807) is 54.7 Å². The Kier molecular flexibility index (Phi) is 5.93. The van der Waals surface area contributed by atoms with Gasteiger partial charge in [0.05, 0.1) is 0 Å². The van der Waals surface area contributed by atoms with Crippen molar-refractivity contribution in [1.29, 1.82) is 0 Å². The van der Waals surface area contributed by atoms with Gasteiger partial charge in [-0.1, -0.05) is 39.0 Å². The van der Waals surface area contributed by atoms with E-state index in [4.69, 9.17) is 4.74 Å². The topological polar surface area (TPSA) is 80.3 Å². The lowest BCUT2D eigenvalue weighted by Gasteiger charge is -2.17. The molecular weight excluding hydrogens is 366 g/mol. The summed E-state index contributed by atoms with van der Waals surface area (Å²) in [5.41, 5.74) is 1.10. The number of anilines is 2. The van der Waals surface area contributed by atoms with Crippen molar-refractivity contribution < 1.29 is 14.3 Å². The predicted molar refractivity (Wildman–Crippen MR) is 113 cm³/mol. The fourth-order valence-electron chi connectivity index (χ4n) is 2.40. The zero-order chi connectivity index (χ0) is 20.9. The summed E-state index contributed by atoms with van der Waals surface area (Å²) in [4.78, 5) is 29.0. The van der Waals surface area contributed by atoms with Gasteiger partial charge in [-0.25, -0.2) is 4.98 Å². The second kappa shape index (κ2) is 8.56. The number of pyridine rings is 1. The van der Waals surface area contributed by atoms with Crippen LogP contribution in [-0.4, -0.2) is 16.8 Å². The molecule has 0 spiro atoms. The summed E-state index contributed by atoms with van der Waals surface area (Å²) in [6.07, 6.45) is 1.57. The highest BCUT2D eigenvalue weighted by Crippen LogP contribution is 2.24. The van der Waals surface area contributed by atoms with Gasteiger partial charge in [0, 0.05) is 23.0 Å². The van der Waals surface area contributed by atoms with Crippen LogP contribution in [0.3, 0.4) is 0 Å². The summed E-state index contributed by atoms with van der Waals surface area (Å²) < 4.78 is 5.74. The summed E-state index contributed by atoms with van der Waals surface area (Å²) in [6, 6.07) is 19.4. The maximum Gasteiger partial charge on any atom is 0.261 e. The van der Waals surface area contributed by atoms with E-state index in [9.17, 15) is 9.59 Å². The van der Waals surface area contributed by atoms with E-state index in [-0.39, 0.29) is 17.7 Å². The van der Waals surface area contributed by atoms with Crippen molar-refractivity contribution in [2.24, 2.45) is 5.41 Å². The minimum absolute atomic E-state index is 0.0765. The lowest BCUT2D eigenvalue weighted by atomic mass is 9.95. The molecule has 3 rings (SSSR count). The Morgan fingerprint density at radius 2 is 1.45 bits per heavy atom. The number of aromatic nitrogens is 1. The Morgan fingerprint density at radius 3 is 2.07 bits per heavy atom. The van der Waals surface area contributed by atoms with Crippen molar-refractivity contribution in [3.8, 4) is 11.6 Å². The number of benzene rings is 2. The Bertz CT molecular complexity index is 994. The van der Waals surface area contributed by atoms with Crippen LogP contribution >= 0.6 is 0 Å². The van der Waals surface area contributed by atoms with Crippen molar-refractivity contribution in [2.45, 2.75) is 20.8 Å². The summed E-state index contributed by atoms with van der Waals surface area (Å²) in [7, 11) is 0. The zero-order valence-corrected chi connectivity index (χ0v) is 16.6. The van der Waals surface area contributed by atoms with Crippen molar-refractivity contribution in [3.05, 3.63) is 78.5 Å². The molecule has 0 unspecified atom stereocenters. The van der Waals surface area contributed by atoms with Gasteiger partial charge < -0.3 is 15.4 Å². The first-order chi connectivity index (χ1) is 13.8. The first-order valence-corrected chi connectivity index (χ1v) is 9.24. The molecule has 3 aromatic rings. The van der Waals surface area contributed by atoms with Gasteiger partial charge >= 0.3 is 0 Å². The third kappa shape index (κ3) is 5.42. The average Bonchev–Trinajstić information content (AvgIpc) is 2.70. The van der Waals surface area contributed by atoms with Gasteiger partial charge in [-0.2, -0.15) is 0 Å². The second-order valence-electron chi connectivity index (χ2n) is 7.51. The van der Waals surface area contributed by atoms with Crippen LogP contribution in [0.15, 0.2) is 72.9 Å². The van der Waals surface area contributed by atoms with Crippen LogP contribution in [0.5, 0.6) is 11.6 Å². The first-order valence-electron chi connectivity index (χ1n) is 9.24. The lowest BCUT2D eigenvalue weighted by molar-refractivity contribution is -0.123. The number of amides is 2. The summed E-state index contributed by atoms with van der Waals surface area (Å²) >= 11 is 0. The summed E-state index contributed by atoms with van der Waals surface area (Å²) in [5.74, 6) is 0.410. The standard InChI is InChI=1S/C23H23N3O3/c1-23(2,3)22(28)26-17-13-11-16(12-14-17)25-20(27)19-10-7-15-24-21(19)29-18-8-5-4-6-9-18/h4-15H,1-3H3,(H,25,27)(H,26,28). The molecule has 2 amide bonds. The molecule has 2 N–H and O–H groups in total. The van der Waals surface area contributed by atoms with E-state index in [2.05, 4.69) is 15.6 Å². The molecule has 2 aromatic carbocycles. The zero-order valence-electron chi connectivity index (χ0n) is 16.6. The number of para-hydroxylation sites is 1. The molecule has 1 heterocycles. The first kappa shape index (κ1) is 20.1. The van der Waals surface area contributed by atoms with Gasteiger partial charge in [-0.3, -0.25) is 9.59 Å². The fraction of sp³-hybridized carbons (Fsp3) is 0.174. The minimum atomic E-state index is -0.484. The van der Waals surface area contributed by atoms with Gasteiger partial charge in [0.2, 0.25) is 11.8 Å². The van der Waals surface area contributed by atoms with Crippen LogP contribution < -0.4 is 15.4 Å². The molecule has 0 saturated carbocycles. The Balaban J connectivity index is 1.70. The number of ether oxygens (including phenoxy) is 1. The lowest BCUT2D eigenvalue weighted by Crippen LogP contribution is -2.27. The molecule has 6 heteroatoms. The van der Waals surface area contributed by atoms with Crippen LogP contribution in [-0.2, 0) is 4.79 Å². The molecule has 148 valence electrons. The fourth-order valence-corrected chi connectivity index (χ4v) is 2.40. The highest BCUT2D eigenvalue weighted by Gasteiger charge is 2.21. The maximum absolute atomic E-state index is 12.7. The molecule has 6 nitrogen and oxygen atoms in total. The molecule has 0 fully saturated rings. The summed E-state index contributed by atoms with van der Waals surface area (Å²) in [5, 5.41) is 5.67. The Labute approximate surface area is 169 Å². The van der Waals surface area contributed by atoms with E-state index in [1.807, 2.05) is 39.0 Å². The largest absolute Gasteiger partial charge is 0.438 e. The van der Waals surface area contributed by atoms with Crippen molar-refractivity contribution in [1.82, 2.24) is 4.98 Å². The molecular formula is C23H23N3O3. The number of hydrogen-bond acceptors (Lipinski definition) is 4. The molecule has 29 heavy (non-hydrogen) atoms. The quantitative estimate of drug-likeness (QED) is 0.635. The monoisotopic (exact) mass is 389 g/mol. The molecule has 0 bridgehead atoms. The number of carbonyl (C=O) groups excluding carboxylic acids is 2. The van der Waals surface area contributed by atoms with Gasteiger partial charge in [0.15, 0.2) is 0 Å². The third-order valence-electron chi connectivity index (χ3n) is 4.06. The van der Waals surface area contributed by atoms with Gasteiger partial charge in [-0.15, -0.1) is 0 Å². The molecule has 0 aliphatic heterocycles. The maximum atomic E-state index is 12.7. The SMILES string of the molecule is CC(C)(C)C(=O)Nc1ccc(NC(=O)c2cccnc2Oc2ccccc2)cc1. The van der Waals surface area contributed by atoms with E-state index in [0.29, 0.717) is 22.7 Å². The molecule has 0 atom stereocenters. The van der Waals surface area contributed by atoms with Crippen molar-refractivity contribution in [2.75, 3.05) is 10.6 Å². The van der Waals surface area contributed by atoms with Crippen LogP contribution in [0, 0.1) is 5.41 Å². The van der Waals surface area contributed by atoms with Crippen molar-refractivity contribution >= 4 is 23.2 Å². The number of rotatable bonds is 5. The molecule has 1 aromatic heterocycles. The van der Waals surface area contributed by atoms with Crippen LogP contribution in [0.25, 0.3) is 0 Å². The Morgan fingerprint density at radius 1 is 0.828 bits per heavy atom. The predicted octanol–water partition coefficient (Wildman–Crippen LogP) is 5.11. The van der Waals surface area contributed by atoms with Crippen LogP contribution in [0.2, 0.25) is 0 Å². The van der Waals surface area contributed by atoms with Crippen molar-refractivity contribution in [3.63, 3.8) is 0 Å². The molecule has 0 saturated heterocycles. The highest BCUT2D eigenvalue weighted by atomic mass is 16.5. The highest BCUT2D eigenvalue weighted by molar-refractivity contribution is 6.06. The van der Waals surface area contributed by atoms with Crippen LogP contribution in [0.1, 0.15) is 31.1 Å². The number of nitrogens with one attached hydrogen (secondary N) is 2. The van der Waals surface area contributed by atoms with E-state index in [0.717, 1.165) is 0 Å². The number of nitrogens with zero attached hydrogens (tertiary/aromatic N) is 1. The normalized spacial score (nSPS) is 10.9. The minimum Gasteiger partial charge on any atom is -0.438 e. The number of carbonyl (C=O) groups is 2. The summed E-state index contributed by atoms with van der Waals surface area (Å²) in [6.45, 7) is 5.54. The third-order valence-corrected chi connectivity index (χ3v) is 4.06. The Hall–Kier alpha value is -3.67. The van der Waals surface area contributed by atoms with Gasteiger partial charge in [-0.05, 0) is 48.5 Å². The molecule has 0 radical (unpaired) electrons.